The van der Waals surface area contributed by atoms with Crippen LogP contribution in [0.3, 0.4) is 0 Å². The van der Waals surface area contributed by atoms with Crippen molar-refractivity contribution >= 4 is 21.4 Å². The van der Waals surface area contributed by atoms with E-state index in [-0.39, 0.29) is 0 Å². The van der Waals surface area contributed by atoms with Gasteiger partial charge >= 0.3 is 0 Å². The Bertz CT molecular complexity index is 1440. The maximum absolute atomic E-state index is 12.0. The molecule has 182 valence electrons. The van der Waals surface area contributed by atoms with E-state index in [1.165, 1.54) is 6.26 Å². The van der Waals surface area contributed by atoms with Gasteiger partial charge in [-0.05, 0) is 59.9 Å². The minimum atomic E-state index is -3.29. The zero-order valence-electron chi connectivity index (χ0n) is 20.1. The number of benzene rings is 3. The topological polar surface area (TPSA) is 72.2 Å². The quantitative estimate of drug-likeness (QED) is 0.308. The summed E-state index contributed by atoms with van der Waals surface area (Å²) in [5, 5.41) is 11.8. The lowest BCUT2D eigenvalue weighted by Gasteiger charge is -2.22. The van der Waals surface area contributed by atoms with Crippen LogP contribution in [0.1, 0.15) is 43.8 Å². The van der Waals surface area contributed by atoms with Crippen molar-refractivity contribution in [1.29, 1.82) is 0 Å². The first-order valence-corrected chi connectivity index (χ1v) is 13.9. The Morgan fingerprint density at radius 3 is 2.26 bits per heavy atom. The molecule has 4 aromatic rings. The molecule has 0 saturated carbocycles. The lowest BCUT2D eigenvalue weighted by molar-refractivity contribution is 0.0243. The highest BCUT2D eigenvalue weighted by molar-refractivity contribution is 7.90. The molecule has 1 aromatic heterocycles. The van der Waals surface area contributed by atoms with Gasteiger partial charge in [-0.2, -0.15) is 0 Å². The van der Waals surface area contributed by atoms with Gasteiger partial charge in [0.15, 0.2) is 9.84 Å². The van der Waals surface area contributed by atoms with Crippen molar-refractivity contribution in [2.75, 3.05) is 6.26 Å². The van der Waals surface area contributed by atoms with Gasteiger partial charge in [-0.1, -0.05) is 67.9 Å². The van der Waals surface area contributed by atoms with Crippen molar-refractivity contribution in [3.05, 3.63) is 101 Å². The number of sulfone groups is 1. The second kappa shape index (κ2) is 9.97. The smallest absolute Gasteiger partial charge is 0.175 e. The monoisotopic (exact) mass is 508 g/mol. The lowest BCUT2D eigenvalue weighted by atomic mass is 9.94. The van der Waals surface area contributed by atoms with Crippen molar-refractivity contribution < 1.29 is 13.5 Å². The molecular weight excluding hydrogens is 480 g/mol. The highest BCUT2D eigenvalue weighted by Crippen LogP contribution is 2.31. The van der Waals surface area contributed by atoms with Crippen molar-refractivity contribution in [3.8, 4) is 16.8 Å². The summed E-state index contributed by atoms with van der Waals surface area (Å²) in [6.45, 7) is 3.91. The van der Waals surface area contributed by atoms with E-state index in [4.69, 9.17) is 16.6 Å². The third kappa shape index (κ3) is 5.35. The van der Waals surface area contributed by atoms with E-state index < -0.39 is 15.4 Å². The molecule has 0 saturated heterocycles. The summed E-state index contributed by atoms with van der Waals surface area (Å²) in [7, 11) is -3.29. The van der Waals surface area contributed by atoms with Crippen molar-refractivity contribution in [2.24, 2.45) is 0 Å². The van der Waals surface area contributed by atoms with E-state index in [1.54, 1.807) is 18.2 Å². The summed E-state index contributed by atoms with van der Waals surface area (Å²) < 4.78 is 25.9. The second-order valence-electron chi connectivity index (χ2n) is 8.77. The van der Waals surface area contributed by atoms with Gasteiger partial charge in [-0.3, -0.25) is 0 Å². The first kappa shape index (κ1) is 25.2. The molecule has 1 N–H and O–H groups in total. The first-order valence-electron chi connectivity index (χ1n) is 11.6. The molecule has 7 heteroatoms. The molecule has 0 unspecified atom stereocenters. The average Bonchev–Trinajstić information content (AvgIpc) is 3.29. The second-order valence-corrected chi connectivity index (χ2v) is 11.2. The summed E-state index contributed by atoms with van der Waals surface area (Å²) in [5.41, 5.74) is 3.21. The fourth-order valence-corrected chi connectivity index (χ4v) is 5.01. The Kier molecular flexibility index (Phi) is 7.17. The number of hydrogen-bond acceptors (Lipinski definition) is 4. The van der Waals surface area contributed by atoms with E-state index in [0.717, 1.165) is 28.2 Å². The third-order valence-corrected chi connectivity index (χ3v) is 7.95. The predicted molar refractivity (Wildman–Crippen MR) is 141 cm³/mol. The normalized spacial score (nSPS) is 12.1. The van der Waals surface area contributed by atoms with E-state index in [1.807, 2.05) is 79.2 Å². The minimum Gasteiger partial charge on any atom is -0.384 e. The highest BCUT2D eigenvalue weighted by Gasteiger charge is 2.29. The molecule has 0 fully saturated rings. The van der Waals surface area contributed by atoms with Crippen LogP contribution in [0.2, 0.25) is 5.02 Å². The number of aromatic nitrogens is 2. The van der Waals surface area contributed by atoms with Gasteiger partial charge in [0.2, 0.25) is 0 Å². The zero-order valence-corrected chi connectivity index (χ0v) is 21.6. The summed E-state index contributed by atoms with van der Waals surface area (Å²) in [4.78, 5) is 5.13. The number of halogens is 1. The summed E-state index contributed by atoms with van der Waals surface area (Å²) >= 11 is 6.43. The molecule has 0 aliphatic carbocycles. The van der Waals surface area contributed by atoms with Crippen LogP contribution in [0.5, 0.6) is 0 Å². The SMILES string of the molecule is CCC(O)(CC)c1cn(-c2ccc(-c3cccc(S(C)(=O)=O)c3)cc2)c(Cc2ccccc2Cl)n1. The average molecular weight is 509 g/mol. The van der Waals surface area contributed by atoms with Crippen molar-refractivity contribution in [3.63, 3.8) is 0 Å². The Morgan fingerprint density at radius 1 is 0.943 bits per heavy atom. The van der Waals surface area contributed by atoms with Crippen molar-refractivity contribution in [2.45, 2.75) is 43.6 Å². The van der Waals surface area contributed by atoms with Crippen LogP contribution in [-0.2, 0) is 21.9 Å². The number of hydrogen-bond donors (Lipinski definition) is 1. The van der Waals surface area contributed by atoms with E-state index >= 15 is 0 Å². The largest absolute Gasteiger partial charge is 0.384 e. The molecule has 1 heterocycles. The van der Waals surface area contributed by atoms with Crippen LogP contribution < -0.4 is 0 Å². The Hall–Kier alpha value is -2.93. The number of rotatable bonds is 8. The number of nitrogens with zero attached hydrogens (tertiary/aromatic N) is 2. The van der Waals surface area contributed by atoms with Crippen LogP contribution >= 0.6 is 11.6 Å². The molecule has 4 rings (SSSR count). The molecule has 35 heavy (non-hydrogen) atoms. The molecule has 0 aliphatic rings. The van der Waals surface area contributed by atoms with Crippen LogP contribution in [0.4, 0.5) is 0 Å². The maximum Gasteiger partial charge on any atom is 0.175 e. The van der Waals surface area contributed by atoms with Gasteiger partial charge in [-0.25, -0.2) is 13.4 Å². The summed E-state index contributed by atoms with van der Waals surface area (Å²) in [5.74, 6) is 0.778. The van der Waals surface area contributed by atoms with Gasteiger partial charge in [0, 0.05) is 29.6 Å². The molecule has 0 bridgehead atoms. The van der Waals surface area contributed by atoms with Gasteiger partial charge in [-0.15, -0.1) is 0 Å². The predicted octanol–water partition coefficient (Wildman–Crippen LogP) is 6.19. The zero-order chi connectivity index (χ0) is 25.2. The minimum absolute atomic E-state index is 0.291. The Morgan fingerprint density at radius 2 is 1.63 bits per heavy atom. The van der Waals surface area contributed by atoms with E-state index in [9.17, 15) is 13.5 Å². The van der Waals surface area contributed by atoms with Crippen LogP contribution in [0.25, 0.3) is 16.8 Å². The Balaban J connectivity index is 1.76. The molecule has 0 amide bonds. The molecule has 0 atom stereocenters. The van der Waals surface area contributed by atoms with Crippen LogP contribution in [-0.4, -0.2) is 29.3 Å². The Labute approximate surface area is 212 Å². The number of aliphatic hydroxyl groups is 1. The fraction of sp³-hybridized carbons (Fsp3) is 0.250. The van der Waals surface area contributed by atoms with Gasteiger partial charge in [0.25, 0.3) is 0 Å². The van der Waals surface area contributed by atoms with Crippen LogP contribution in [0.15, 0.2) is 83.9 Å². The van der Waals surface area contributed by atoms with Gasteiger partial charge in [0.05, 0.1) is 10.6 Å². The van der Waals surface area contributed by atoms with Crippen LogP contribution in [0, 0.1) is 0 Å². The standard InChI is InChI=1S/C28H29ClN2O3S/c1-4-28(32,5-2)26-19-31(27(30-26)18-22-9-6-7-12-25(22)29)23-15-13-20(14-16-23)21-10-8-11-24(17-21)35(3,33)34/h6-17,19,32H,4-5,18H2,1-3H3. The van der Waals surface area contributed by atoms with Gasteiger partial charge < -0.3 is 9.67 Å². The lowest BCUT2D eigenvalue weighted by Crippen LogP contribution is -2.24. The molecule has 0 aliphatic heterocycles. The van der Waals surface area contributed by atoms with E-state index in [2.05, 4.69) is 0 Å². The van der Waals surface area contributed by atoms with E-state index in [0.29, 0.717) is 34.9 Å². The molecule has 0 spiro atoms. The summed E-state index contributed by atoms with van der Waals surface area (Å²) in [6.07, 6.45) is 4.74. The van der Waals surface area contributed by atoms with Crippen molar-refractivity contribution in [1.82, 2.24) is 9.55 Å². The highest BCUT2D eigenvalue weighted by atomic mass is 35.5. The molecule has 3 aromatic carbocycles. The molecule has 0 radical (unpaired) electrons. The molecular formula is C28H29ClN2O3S. The third-order valence-electron chi connectivity index (χ3n) is 6.47. The maximum atomic E-state index is 12.0. The van der Waals surface area contributed by atoms with Gasteiger partial charge in [0.1, 0.15) is 11.4 Å². The fourth-order valence-electron chi connectivity index (χ4n) is 4.14. The molecule has 5 nitrogen and oxygen atoms in total. The first-order chi connectivity index (χ1) is 16.6. The number of imidazole rings is 1. The summed E-state index contributed by atoms with van der Waals surface area (Å²) in [6, 6.07) is 22.5.